The van der Waals surface area contributed by atoms with Gasteiger partial charge < -0.3 is 14.8 Å². The van der Waals surface area contributed by atoms with Crippen LogP contribution in [0.3, 0.4) is 0 Å². The first-order chi connectivity index (χ1) is 11.4. The summed E-state index contributed by atoms with van der Waals surface area (Å²) in [6.07, 6.45) is 2.69. The normalized spacial score (nSPS) is 12.3. The van der Waals surface area contributed by atoms with Crippen LogP contribution in [0.25, 0.3) is 11.3 Å². The molecular formula is C17H15N3O2S. The van der Waals surface area contributed by atoms with Gasteiger partial charge in [-0.1, -0.05) is 6.07 Å². The van der Waals surface area contributed by atoms with E-state index in [0.717, 1.165) is 46.5 Å². The number of nitrogens with one attached hydrogen (secondary N) is 1. The highest BCUT2D eigenvalue weighted by Crippen LogP contribution is 2.36. The van der Waals surface area contributed by atoms with Crippen molar-refractivity contribution in [1.82, 2.24) is 9.97 Å². The fraction of sp³-hybridized carbons (Fsp3) is 0.176. The molecule has 3 aromatic rings. The standard InChI is InChI=1S/C17H15N3O2S/c1-2-7-18-13(3-1)6-8-19-17-20-14(10-23-17)12-4-5-15-16(9-12)22-11-21-15/h1-5,7,9-10H,6,8,11H2,(H,19,20). The second-order valence-corrected chi connectivity index (χ2v) is 5.96. The zero-order valence-corrected chi connectivity index (χ0v) is 13.2. The molecule has 0 atom stereocenters. The summed E-state index contributed by atoms with van der Waals surface area (Å²) in [5.41, 5.74) is 3.05. The number of fused-ring (bicyclic) bond motifs is 1. The second-order valence-electron chi connectivity index (χ2n) is 5.10. The quantitative estimate of drug-likeness (QED) is 0.777. The lowest BCUT2D eigenvalue weighted by Gasteiger charge is -2.02. The van der Waals surface area contributed by atoms with Crippen LogP contribution in [0, 0.1) is 0 Å². The van der Waals surface area contributed by atoms with Gasteiger partial charge in [0.1, 0.15) is 0 Å². The molecule has 0 radical (unpaired) electrons. The van der Waals surface area contributed by atoms with Gasteiger partial charge in [0.25, 0.3) is 0 Å². The van der Waals surface area contributed by atoms with E-state index in [1.54, 1.807) is 11.3 Å². The number of thiazole rings is 1. The number of hydrogen-bond acceptors (Lipinski definition) is 6. The molecule has 2 aromatic heterocycles. The van der Waals surface area contributed by atoms with Crippen LogP contribution >= 0.6 is 11.3 Å². The number of aromatic nitrogens is 2. The van der Waals surface area contributed by atoms with Crippen molar-refractivity contribution in [3.8, 4) is 22.8 Å². The van der Waals surface area contributed by atoms with E-state index in [0.29, 0.717) is 0 Å². The van der Waals surface area contributed by atoms with Crippen molar-refractivity contribution in [3.05, 3.63) is 53.7 Å². The number of nitrogens with zero attached hydrogens (tertiary/aromatic N) is 2. The maximum atomic E-state index is 5.41. The summed E-state index contributed by atoms with van der Waals surface area (Å²) < 4.78 is 10.7. The molecule has 5 nitrogen and oxygen atoms in total. The predicted octanol–water partition coefficient (Wildman–Crippen LogP) is 3.59. The third kappa shape index (κ3) is 3.12. The summed E-state index contributed by atoms with van der Waals surface area (Å²) >= 11 is 1.60. The van der Waals surface area contributed by atoms with Gasteiger partial charge >= 0.3 is 0 Å². The van der Waals surface area contributed by atoms with Crippen molar-refractivity contribution in [2.45, 2.75) is 6.42 Å². The Morgan fingerprint density at radius 2 is 2.09 bits per heavy atom. The van der Waals surface area contributed by atoms with E-state index < -0.39 is 0 Å². The SMILES string of the molecule is c1ccc(CCNc2nc(-c3ccc4c(c3)OCO4)cs2)nc1. The van der Waals surface area contributed by atoms with Gasteiger partial charge in [-0.3, -0.25) is 4.98 Å². The predicted molar refractivity (Wildman–Crippen MR) is 90.1 cm³/mol. The molecule has 0 fully saturated rings. The fourth-order valence-electron chi connectivity index (χ4n) is 2.39. The van der Waals surface area contributed by atoms with E-state index in [2.05, 4.69) is 15.3 Å². The van der Waals surface area contributed by atoms with Gasteiger partial charge in [-0.25, -0.2) is 4.98 Å². The Morgan fingerprint density at radius 3 is 3.00 bits per heavy atom. The number of ether oxygens (including phenoxy) is 2. The second kappa shape index (κ2) is 6.26. The van der Waals surface area contributed by atoms with E-state index in [4.69, 9.17) is 9.47 Å². The molecule has 0 aliphatic carbocycles. The van der Waals surface area contributed by atoms with Crippen molar-refractivity contribution in [3.63, 3.8) is 0 Å². The van der Waals surface area contributed by atoms with Crippen LogP contribution in [-0.2, 0) is 6.42 Å². The molecule has 3 heterocycles. The van der Waals surface area contributed by atoms with E-state index in [9.17, 15) is 0 Å². The summed E-state index contributed by atoms with van der Waals surface area (Å²) in [6.45, 7) is 1.10. The number of pyridine rings is 1. The first-order valence-electron chi connectivity index (χ1n) is 7.38. The zero-order valence-electron chi connectivity index (χ0n) is 12.4. The molecule has 116 valence electrons. The van der Waals surface area contributed by atoms with E-state index in [1.165, 1.54) is 0 Å². The Kier molecular flexibility index (Phi) is 3.81. The summed E-state index contributed by atoms with van der Waals surface area (Å²) in [6, 6.07) is 11.8. The Labute approximate surface area is 137 Å². The topological polar surface area (TPSA) is 56.3 Å². The van der Waals surface area contributed by atoms with Crippen LogP contribution < -0.4 is 14.8 Å². The average molecular weight is 325 g/mol. The molecule has 0 amide bonds. The highest BCUT2D eigenvalue weighted by atomic mass is 32.1. The third-order valence-corrected chi connectivity index (χ3v) is 4.36. The van der Waals surface area contributed by atoms with Crippen molar-refractivity contribution < 1.29 is 9.47 Å². The van der Waals surface area contributed by atoms with Gasteiger partial charge in [0, 0.05) is 35.8 Å². The van der Waals surface area contributed by atoms with Gasteiger partial charge in [0.15, 0.2) is 16.6 Å². The molecule has 23 heavy (non-hydrogen) atoms. The van der Waals surface area contributed by atoms with Gasteiger partial charge in [0.05, 0.1) is 5.69 Å². The molecule has 1 N–H and O–H groups in total. The Bertz CT molecular complexity index is 805. The lowest BCUT2D eigenvalue weighted by atomic mass is 10.1. The summed E-state index contributed by atoms with van der Waals surface area (Å²) in [5.74, 6) is 1.57. The summed E-state index contributed by atoms with van der Waals surface area (Å²) in [7, 11) is 0. The van der Waals surface area contributed by atoms with Crippen LogP contribution in [0.5, 0.6) is 11.5 Å². The Hall–Kier alpha value is -2.60. The van der Waals surface area contributed by atoms with E-state index in [1.807, 2.05) is 48.0 Å². The van der Waals surface area contributed by atoms with Crippen LogP contribution in [0.15, 0.2) is 48.0 Å². The summed E-state index contributed by atoms with van der Waals surface area (Å²) in [4.78, 5) is 8.94. The number of hydrogen-bond donors (Lipinski definition) is 1. The number of benzene rings is 1. The first kappa shape index (κ1) is 14.0. The highest BCUT2D eigenvalue weighted by Gasteiger charge is 2.15. The monoisotopic (exact) mass is 325 g/mol. The zero-order chi connectivity index (χ0) is 15.5. The smallest absolute Gasteiger partial charge is 0.231 e. The van der Waals surface area contributed by atoms with Crippen LogP contribution in [-0.4, -0.2) is 23.3 Å². The van der Waals surface area contributed by atoms with Crippen molar-refractivity contribution in [2.24, 2.45) is 0 Å². The van der Waals surface area contributed by atoms with Gasteiger partial charge in [0.2, 0.25) is 6.79 Å². The fourth-order valence-corrected chi connectivity index (χ4v) is 3.14. The molecule has 1 aliphatic rings. The molecule has 0 saturated heterocycles. The van der Waals surface area contributed by atoms with Crippen LogP contribution in [0.1, 0.15) is 5.69 Å². The average Bonchev–Trinajstić information content (AvgIpc) is 3.24. The maximum Gasteiger partial charge on any atom is 0.231 e. The minimum Gasteiger partial charge on any atom is -0.454 e. The lowest BCUT2D eigenvalue weighted by molar-refractivity contribution is 0.174. The maximum absolute atomic E-state index is 5.41. The molecule has 0 unspecified atom stereocenters. The molecule has 0 saturated carbocycles. The molecule has 0 spiro atoms. The van der Waals surface area contributed by atoms with E-state index >= 15 is 0 Å². The molecule has 0 bridgehead atoms. The van der Waals surface area contributed by atoms with Gasteiger partial charge in [-0.05, 0) is 30.3 Å². The van der Waals surface area contributed by atoms with Crippen LogP contribution in [0.2, 0.25) is 0 Å². The van der Waals surface area contributed by atoms with Crippen molar-refractivity contribution in [1.29, 1.82) is 0 Å². The molecule has 4 rings (SSSR count). The highest BCUT2D eigenvalue weighted by molar-refractivity contribution is 7.14. The van der Waals surface area contributed by atoms with Gasteiger partial charge in [-0.2, -0.15) is 0 Å². The molecule has 1 aromatic carbocycles. The largest absolute Gasteiger partial charge is 0.454 e. The van der Waals surface area contributed by atoms with E-state index in [-0.39, 0.29) is 6.79 Å². The number of anilines is 1. The Balaban J connectivity index is 1.41. The molecular weight excluding hydrogens is 310 g/mol. The lowest BCUT2D eigenvalue weighted by Crippen LogP contribution is -2.05. The molecule has 6 heteroatoms. The van der Waals surface area contributed by atoms with Crippen molar-refractivity contribution >= 4 is 16.5 Å². The molecule has 1 aliphatic heterocycles. The number of rotatable bonds is 5. The Morgan fingerprint density at radius 1 is 1.13 bits per heavy atom. The minimum absolute atomic E-state index is 0.288. The third-order valence-electron chi connectivity index (χ3n) is 3.56. The summed E-state index contributed by atoms with van der Waals surface area (Å²) in [5, 5.41) is 6.30. The van der Waals surface area contributed by atoms with Gasteiger partial charge in [-0.15, -0.1) is 11.3 Å². The van der Waals surface area contributed by atoms with Crippen LogP contribution in [0.4, 0.5) is 5.13 Å². The first-order valence-corrected chi connectivity index (χ1v) is 8.26. The minimum atomic E-state index is 0.288. The van der Waals surface area contributed by atoms with Crippen molar-refractivity contribution in [2.75, 3.05) is 18.7 Å².